The van der Waals surface area contributed by atoms with Crippen LogP contribution in [0.4, 0.5) is 4.39 Å². The summed E-state index contributed by atoms with van der Waals surface area (Å²) in [4.78, 5) is 43.5. The molecule has 1 atom stereocenters. The van der Waals surface area contributed by atoms with Crippen LogP contribution in [-0.2, 0) is 4.79 Å². The third-order valence-electron chi connectivity index (χ3n) is 5.71. The Morgan fingerprint density at radius 1 is 1.03 bits per heavy atom. The van der Waals surface area contributed by atoms with Gasteiger partial charge < -0.3 is 25.2 Å². The second-order valence-electron chi connectivity index (χ2n) is 7.55. The van der Waals surface area contributed by atoms with Gasteiger partial charge in [-0.05, 0) is 24.3 Å². The minimum Gasteiger partial charge on any atom is -0.378 e. The second kappa shape index (κ2) is 8.80. The van der Waals surface area contributed by atoms with Crippen LogP contribution in [-0.4, -0.2) is 70.8 Å². The number of nitrogens with one attached hydrogen (secondary N) is 2. The number of halogens is 1. The number of hydrogen-bond donors (Lipinski definition) is 3. The zero-order chi connectivity index (χ0) is 22.8. The molecule has 2 aromatic carbocycles. The Balaban J connectivity index is 1.50. The van der Waals surface area contributed by atoms with E-state index in [1.54, 1.807) is 29.2 Å². The number of carbonyl (C=O) groups is 3. The normalized spacial score (nSPS) is 15.0. The smallest absolute Gasteiger partial charge is 0.256 e. The molecule has 0 saturated carbocycles. The zero-order valence-electron chi connectivity index (χ0n) is 17.5. The van der Waals surface area contributed by atoms with Crippen molar-refractivity contribution in [1.82, 2.24) is 20.1 Å². The van der Waals surface area contributed by atoms with Crippen LogP contribution in [0.2, 0.25) is 0 Å². The van der Waals surface area contributed by atoms with Crippen LogP contribution in [0, 0.1) is 5.82 Å². The lowest BCUT2D eigenvalue weighted by molar-refractivity contribution is -0.142. The number of piperazine rings is 1. The summed E-state index contributed by atoms with van der Waals surface area (Å²) >= 11 is 0. The van der Waals surface area contributed by atoms with Crippen LogP contribution in [0.25, 0.3) is 10.9 Å². The van der Waals surface area contributed by atoms with E-state index in [0.29, 0.717) is 18.7 Å². The van der Waals surface area contributed by atoms with Gasteiger partial charge in [0.05, 0.1) is 11.1 Å². The molecule has 9 heteroatoms. The van der Waals surface area contributed by atoms with Gasteiger partial charge >= 0.3 is 0 Å². The van der Waals surface area contributed by atoms with E-state index in [9.17, 15) is 23.9 Å². The highest BCUT2D eigenvalue weighted by Gasteiger charge is 2.31. The first-order valence-corrected chi connectivity index (χ1v) is 10.2. The lowest BCUT2D eigenvalue weighted by Gasteiger charge is -2.35. The number of H-pyrrole nitrogens is 1. The lowest BCUT2D eigenvalue weighted by Crippen LogP contribution is -2.51. The highest BCUT2D eigenvalue weighted by Crippen LogP contribution is 2.30. The van der Waals surface area contributed by atoms with Crippen molar-refractivity contribution in [2.75, 3.05) is 33.2 Å². The van der Waals surface area contributed by atoms with E-state index in [2.05, 4.69) is 10.3 Å². The van der Waals surface area contributed by atoms with Crippen molar-refractivity contribution < 1.29 is 23.9 Å². The molecule has 1 aliphatic rings. The van der Waals surface area contributed by atoms with Crippen molar-refractivity contribution in [3.8, 4) is 0 Å². The molecule has 0 radical (unpaired) electrons. The lowest BCUT2D eigenvalue weighted by atomic mass is 10.0. The number of amides is 3. The topological polar surface area (TPSA) is 106 Å². The number of aromatic amines is 1. The van der Waals surface area contributed by atoms with Gasteiger partial charge in [0, 0.05) is 55.9 Å². The molecule has 1 saturated heterocycles. The summed E-state index contributed by atoms with van der Waals surface area (Å²) in [7, 11) is 1.46. The van der Waals surface area contributed by atoms with Crippen LogP contribution in [0.3, 0.4) is 0 Å². The number of carbonyl (C=O) groups excluding carboxylic acids is 3. The van der Waals surface area contributed by atoms with E-state index in [4.69, 9.17) is 0 Å². The van der Waals surface area contributed by atoms with Gasteiger partial charge in [0.1, 0.15) is 5.82 Å². The summed E-state index contributed by atoms with van der Waals surface area (Å²) in [5, 5.41) is 13.2. The Hall–Kier alpha value is -3.72. The van der Waals surface area contributed by atoms with E-state index in [1.165, 1.54) is 24.2 Å². The molecule has 1 aromatic heterocycles. The maximum atomic E-state index is 14.6. The van der Waals surface area contributed by atoms with Crippen LogP contribution in [0.15, 0.2) is 48.7 Å². The molecule has 3 N–H and O–H groups in total. The van der Waals surface area contributed by atoms with E-state index in [0.717, 1.165) is 6.07 Å². The van der Waals surface area contributed by atoms with Gasteiger partial charge in [-0.3, -0.25) is 14.4 Å². The average molecular weight is 438 g/mol. The van der Waals surface area contributed by atoms with E-state index in [1.807, 2.05) is 6.07 Å². The van der Waals surface area contributed by atoms with Gasteiger partial charge in [-0.1, -0.05) is 18.2 Å². The largest absolute Gasteiger partial charge is 0.378 e. The number of aliphatic hydroxyl groups excluding tert-OH is 1. The molecule has 0 bridgehead atoms. The molecule has 1 aliphatic heterocycles. The summed E-state index contributed by atoms with van der Waals surface area (Å²) in [5.74, 6) is -1.75. The Morgan fingerprint density at radius 3 is 2.34 bits per heavy atom. The van der Waals surface area contributed by atoms with Crippen molar-refractivity contribution >= 4 is 28.6 Å². The molecule has 3 amide bonds. The number of aromatic nitrogens is 1. The number of aliphatic hydroxyl groups is 1. The number of hydrogen-bond acceptors (Lipinski definition) is 4. The first-order valence-electron chi connectivity index (χ1n) is 10.2. The molecule has 8 nitrogen and oxygen atoms in total. The van der Waals surface area contributed by atoms with Gasteiger partial charge in [-0.15, -0.1) is 0 Å². The molecule has 0 aliphatic carbocycles. The molecular weight excluding hydrogens is 415 g/mol. The minimum absolute atomic E-state index is 0.00448. The fourth-order valence-electron chi connectivity index (χ4n) is 3.97. The molecule has 1 fully saturated rings. The quantitative estimate of drug-likeness (QED) is 0.576. The fraction of sp³-hybridized carbons (Fsp3) is 0.261. The molecule has 166 valence electrons. The first-order chi connectivity index (χ1) is 15.4. The van der Waals surface area contributed by atoms with Gasteiger partial charge in [0.2, 0.25) is 0 Å². The summed E-state index contributed by atoms with van der Waals surface area (Å²) in [6, 6.07) is 11.4. The third-order valence-corrected chi connectivity index (χ3v) is 5.71. The van der Waals surface area contributed by atoms with Crippen molar-refractivity contribution in [1.29, 1.82) is 0 Å². The maximum Gasteiger partial charge on any atom is 0.256 e. The van der Waals surface area contributed by atoms with Crippen LogP contribution in [0.1, 0.15) is 32.4 Å². The van der Waals surface area contributed by atoms with Gasteiger partial charge in [0.15, 0.2) is 6.10 Å². The van der Waals surface area contributed by atoms with Crippen LogP contribution < -0.4 is 5.32 Å². The number of fused-ring (bicyclic) bond motifs is 1. The minimum atomic E-state index is -1.60. The third kappa shape index (κ3) is 3.82. The Kier molecular flexibility index (Phi) is 5.91. The first kappa shape index (κ1) is 21.5. The Labute approximate surface area is 183 Å². The van der Waals surface area contributed by atoms with Gasteiger partial charge in [0.25, 0.3) is 17.7 Å². The SMILES string of the molecule is CNC(=O)c1ccc(F)c2c(C(O)C(=O)N3CCN(C(=O)c4ccccc4)CC3)c[nH]c12. The summed E-state index contributed by atoms with van der Waals surface area (Å²) in [6.07, 6.45) is -0.257. The number of rotatable bonds is 4. The van der Waals surface area contributed by atoms with Crippen molar-refractivity contribution in [2.24, 2.45) is 0 Å². The molecule has 2 heterocycles. The average Bonchev–Trinajstić information content (AvgIpc) is 3.29. The highest BCUT2D eigenvalue weighted by molar-refractivity contribution is 6.07. The van der Waals surface area contributed by atoms with E-state index >= 15 is 0 Å². The maximum absolute atomic E-state index is 14.6. The zero-order valence-corrected chi connectivity index (χ0v) is 17.5. The van der Waals surface area contributed by atoms with E-state index < -0.39 is 23.7 Å². The van der Waals surface area contributed by atoms with Crippen molar-refractivity contribution in [2.45, 2.75) is 6.10 Å². The van der Waals surface area contributed by atoms with Gasteiger partial charge in [-0.2, -0.15) is 0 Å². The van der Waals surface area contributed by atoms with E-state index in [-0.39, 0.29) is 41.0 Å². The fourth-order valence-corrected chi connectivity index (χ4v) is 3.97. The second-order valence-corrected chi connectivity index (χ2v) is 7.55. The number of benzene rings is 2. The standard InChI is InChI=1S/C23H23FN4O4/c1-25-21(30)15-7-8-17(24)18-16(13-26-19(15)18)20(29)23(32)28-11-9-27(10-12-28)22(31)14-5-3-2-4-6-14/h2-8,13,20,26,29H,9-12H2,1H3,(H,25,30). The molecule has 32 heavy (non-hydrogen) atoms. The van der Waals surface area contributed by atoms with Crippen LogP contribution >= 0.6 is 0 Å². The summed E-state index contributed by atoms with van der Waals surface area (Å²) in [6.45, 7) is 1.16. The molecule has 3 aromatic rings. The molecular formula is C23H23FN4O4. The Bertz CT molecular complexity index is 1170. The monoisotopic (exact) mass is 438 g/mol. The summed E-state index contributed by atoms with van der Waals surface area (Å²) in [5.41, 5.74) is 1.07. The number of nitrogens with zero attached hydrogens (tertiary/aromatic N) is 2. The predicted molar refractivity (Wildman–Crippen MR) is 116 cm³/mol. The van der Waals surface area contributed by atoms with Crippen LogP contribution in [0.5, 0.6) is 0 Å². The van der Waals surface area contributed by atoms with Gasteiger partial charge in [-0.25, -0.2) is 4.39 Å². The predicted octanol–water partition coefficient (Wildman–Crippen LogP) is 1.68. The molecule has 0 spiro atoms. The highest BCUT2D eigenvalue weighted by atomic mass is 19.1. The molecule has 4 rings (SSSR count). The summed E-state index contributed by atoms with van der Waals surface area (Å²) < 4.78 is 14.6. The Morgan fingerprint density at radius 2 is 1.69 bits per heavy atom. The van der Waals surface area contributed by atoms with Crippen molar-refractivity contribution in [3.05, 3.63) is 71.2 Å². The molecule has 1 unspecified atom stereocenters. The van der Waals surface area contributed by atoms with Crippen molar-refractivity contribution in [3.63, 3.8) is 0 Å².